The van der Waals surface area contributed by atoms with Gasteiger partial charge in [0.15, 0.2) is 5.96 Å². The van der Waals surface area contributed by atoms with Crippen LogP contribution >= 0.6 is 11.3 Å². The van der Waals surface area contributed by atoms with E-state index in [1.807, 2.05) is 24.3 Å². The molecule has 4 rings (SSSR count). The minimum Gasteiger partial charge on any atom is -0.497 e. The third-order valence-electron chi connectivity index (χ3n) is 5.01. The van der Waals surface area contributed by atoms with Gasteiger partial charge in [0.25, 0.3) is 0 Å². The van der Waals surface area contributed by atoms with E-state index in [4.69, 9.17) is 14.5 Å². The van der Waals surface area contributed by atoms with Crippen molar-refractivity contribution in [3.05, 3.63) is 64.7 Å². The van der Waals surface area contributed by atoms with Gasteiger partial charge in [-0.25, -0.2) is 4.98 Å². The maximum Gasteiger partial charge on any atom is 0.191 e. The van der Waals surface area contributed by atoms with Crippen LogP contribution in [0, 0.1) is 0 Å². The largest absolute Gasteiger partial charge is 0.497 e. The number of nitrogens with zero attached hydrogens (tertiary/aromatic N) is 2. The number of aromatic nitrogens is 1. The lowest BCUT2D eigenvalue weighted by atomic mass is 10.1. The minimum atomic E-state index is 0.627. The first-order valence-electron chi connectivity index (χ1n) is 10.0. The molecule has 3 aromatic rings. The number of fused-ring (bicyclic) bond motifs is 1. The Labute approximate surface area is 181 Å². The lowest BCUT2D eigenvalue weighted by Gasteiger charge is -2.11. The van der Waals surface area contributed by atoms with Gasteiger partial charge in [-0.2, -0.15) is 0 Å². The second-order valence-electron chi connectivity index (χ2n) is 7.02. The Morgan fingerprint density at radius 3 is 2.87 bits per heavy atom. The molecule has 0 saturated carbocycles. The molecule has 0 unspecified atom stereocenters. The molecule has 2 aromatic carbocycles. The molecule has 6 nitrogen and oxygen atoms in total. The number of benzene rings is 2. The fourth-order valence-electron chi connectivity index (χ4n) is 3.37. The molecular weight excluding hydrogens is 396 g/mol. The Morgan fingerprint density at radius 1 is 1.20 bits per heavy atom. The zero-order valence-corrected chi connectivity index (χ0v) is 18.1. The van der Waals surface area contributed by atoms with E-state index >= 15 is 0 Å². The Hall–Kier alpha value is -3.06. The highest BCUT2D eigenvalue weighted by molar-refractivity contribution is 7.13. The van der Waals surface area contributed by atoms with Crippen molar-refractivity contribution >= 4 is 17.3 Å². The average Bonchev–Trinajstić information content (AvgIpc) is 3.45. The number of guanidine groups is 1. The van der Waals surface area contributed by atoms with Crippen molar-refractivity contribution in [2.24, 2.45) is 4.99 Å². The van der Waals surface area contributed by atoms with Crippen molar-refractivity contribution < 1.29 is 9.47 Å². The summed E-state index contributed by atoms with van der Waals surface area (Å²) in [6, 6.07) is 14.4. The molecule has 0 fully saturated rings. The summed E-state index contributed by atoms with van der Waals surface area (Å²) in [7, 11) is 3.45. The molecule has 0 amide bonds. The minimum absolute atomic E-state index is 0.627. The summed E-state index contributed by atoms with van der Waals surface area (Å²) in [5.41, 5.74) is 4.71. The van der Waals surface area contributed by atoms with Crippen LogP contribution in [0.25, 0.3) is 10.6 Å². The Balaban J connectivity index is 1.26. The SMILES string of the molecule is CN=C(NCCc1ccc2c(c1)CCO2)NCc1csc(-c2ccc(OC)cc2)n1. The van der Waals surface area contributed by atoms with Crippen molar-refractivity contribution in [3.63, 3.8) is 0 Å². The molecule has 1 aromatic heterocycles. The molecule has 0 atom stereocenters. The predicted octanol–water partition coefficient (Wildman–Crippen LogP) is 3.66. The average molecular weight is 423 g/mol. The monoisotopic (exact) mass is 422 g/mol. The molecule has 0 aliphatic carbocycles. The van der Waals surface area contributed by atoms with E-state index in [0.717, 1.165) is 59.7 Å². The second kappa shape index (κ2) is 9.63. The van der Waals surface area contributed by atoms with E-state index in [-0.39, 0.29) is 0 Å². The van der Waals surface area contributed by atoms with Gasteiger partial charge in [-0.3, -0.25) is 4.99 Å². The molecule has 30 heavy (non-hydrogen) atoms. The summed E-state index contributed by atoms with van der Waals surface area (Å²) < 4.78 is 10.8. The Bertz CT molecular complexity index is 1010. The van der Waals surface area contributed by atoms with E-state index < -0.39 is 0 Å². The summed E-state index contributed by atoms with van der Waals surface area (Å²) in [6.07, 6.45) is 1.94. The molecule has 1 aliphatic rings. The number of methoxy groups -OCH3 is 1. The first-order valence-corrected chi connectivity index (χ1v) is 10.9. The summed E-state index contributed by atoms with van der Waals surface area (Å²) >= 11 is 1.64. The van der Waals surface area contributed by atoms with Crippen LogP contribution in [0.3, 0.4) is 0 Å². The number of nitrogens with one attached hydrogen (secondary N) is 2. The van der Waals surface area contributed by atoms with Crippen molar-refractivity contribution in [1.82, 2.24) is 15.6 Å². The fraction of sp³-hybridized carbons (Fsp3) is 0.304. The normalized spacial score (nSPS) is 12.9. The molecule has 0 spiro atoms. The van der Waals surface area contributed by atoms with Gasteiger partial charge < -0.3 is 20.1 Å². The quantitative estimate of drug-likeness (QED) is 0.449. The topological polar surface area (TPSA) is 67.8 Å². The number of thiazole rings is 1. The van der Waals surface area contributed by atoms with Gasteiger partial charge in [0.2, 0.25) is 0 Å². The van der Waals surface area contributed by atoms with E-state index in [1.165, 1.54) is 11.1 Å². The van der Waals surface area contributed by atoms with E-state index in [0.29, 0.717) is 6.54 Å². The summed E-state index contributed by atoms with van der Waals surface area (Å²) in [6.45, 7) is 2.24. The lowest BCUT2D eigenvalue weighted by molar-refractivity contribution is 0.357. The molecule has 0 bridgehead atoms. The van der Waals surface area contributed by atoms with Gasteiger partial charge in [0.1, 0.15) is 16.5 Å². The fourth-order valence-corrected chi connectivity index (χ4v) is 4.20. The van der Waals surface area contributed by atoms with Gasteiger partial charge in [0, 0.05) is 31.0 Å². The summed E-state index contributed by atoms with van der Waals surface area (Å²) in [5, 5.41) is 9.79. The molecule has 7 heteroatoms. The number of aliphatic imine (C=N–C) groups is 1. The first kappa shape index (κ1) is 20.2. The van der Waals surface area contributed by atoms with Crippen LogP contribution in [0.1, 0.15) is 16.8 Å². The smallest absolute Gasteiger partial charge is 0.191 e. The molecule has 1 aliphatic heterocycles. The van der Waals surface area contributed by atoms with Gasteiger partial charge in [-0.05, 0) is 47.9 Å². The zero-order valence-electron chi connectivity index (χ0n) is 17.3. The van der Waals surface area contributed by atoms with Crippen LogP contribution in [0.15, 0.2) is 52.8 Å². The second-order valence-corrected chi connectivity index (χ2v) is 7.87. The number of rotatable bonds is 7. The lowest BCUT2D eigenvalue weighted by Crippen LogP contribution is -2.37. The number of hydrogen-bond donors (Lipinski definition) is 2. The van der Waals surface area contributed by atoms with Gasteiger partial charge >= 0.3 is 0 Å². The van der Waals surface area contributed by atoms with E-state index in [2.05, 4.69) is 39.2 Å². The van der Waals surface area contributed by atoms with Crippen molar-refractivity contribution in [3.8, 4) is 22.1 Å². The maximum absolute atomic E-state index is 5.57. The molecule has 0 radical (unpaired) electrons. The van der Waals surface area contributed by atoms with Crippen molar-refractivity contribution in [2.45, 2.75) is 19.4 Å². The number of hydrogen-bond acceptors (Lipinski definition) is 5. The van der Waals surface area contributed by atoms with Crippen LogP contribution in [0.2, 0.25) is 0 Å². The highest BCUT2D eigenvalue weighted by Gasteiger charge is 2.12. The predicted molar refractivity (Wildman–Crippen MR) is 122 cm³/mol. The number of ether oxygens (including phenoxy) is 2. The van der Waals surface area contributed by atoms with Gasteiger partial charge in [-0.1, -0.05) is 12.1 Å². The van der Waals surface area contributed by atoms with E-state index in [1.54, 1.807) is 25.5 Å². The van der Waals surface area contributed by atoms with Gasteiger partial charge in [0.05, 0.1) is 26.0 Å². The third-order valence-corrected chi connectivity index (χ3v) is 5.95. The maximum atomic E-state index is 5.57. The molecule has 156 valence electrons. The summed E-state index contributed by atoms with van der Waals surface area (Å²) in [4.78, 5) is 9.04. The Morgan fingerprint density at radius 2 is 2.07 bits per heavy atom. The molecule has 0 saturated heterocycles. The Kier molecular flexibility index (Phi) is 6.49. The van der Waals surface area contributed by atoms with Crippen molar-refractivity contribution in [1.29, 1.82) is 0 Å². The van der Waals surface area contributed by atoms with Gasteiger partial charge in [-0.15, -0.1) is 11.3 Å². The van der Waals surface area contributed by atoms with Crippen LogP contribution in [-0.4, -0.2) is 38.3 Å². The molecule has 2 N–H and O–H groups in total. The third kappa shape index (κ3) is 4.91. The first-order chi connectivity index (χ1) is 14.7. The van der Waals surface area contributed by atoms with Crippen LogP contribution in [0.4, 0.5) is 0 Å². The van der Waals surface area contributed by atoms with E-state index in [9.17, 15) is 0 Å². The zero-order chi connectivity index (χ0) is 20.8. The highest BCUT2D eigenvalue weighted by atomic mass is 32.1. The summed E-state index contributed by atoms with van der Waals surface area (Å²) in [5.74, 6) is 2.65. The highest BCUT2D eigenvalue weighted by Crippen LogP contribution is 2.26. The van der Waals surface area contributed by atoms with Crippen LogP contribution < -0.4 is 20.1 Å². The van der Waals surface area contributed by atoms with Crippen molar-refractivity contribution in [2.75, 3.05) is 27.3 Å². The van der Waals surface area contributed by atoms with Crippen LogP contribution in [-0.2, 0) is 19.4 Å². The standard InChI is InChI=1S/C23H26N4O2S/c1-24-23(25-11-9-16-3-8-21-18(13-16)10-12-29-21)26-14-19-15-30-22(27-19)17-4-6-20(28-2)7-5-17/h3-8,13,15H,9-12,14H2,1-2H3,(H2,24,25,26). The molecular formula is C23H26N4O2S. The van der Waals surface area contributed by atoms with Crippen LogP contribution in [0.5, 0.6) is 11.5 Å². The molecule has 2 heterocycles.